The van der Waals surface area contributed by atoms with Crippen LogP contribution in [0.1, 0.15) is 43.5 Å². The summed E-state index contributed by atoms with van der Waals surface area (Å²) in [6.45, 7) is 4.55. The Morgan fingerprint density at radius 1 is 1.33 bits per heavy atom. The molecule has 0 aromatic carbocycles. The van der Waals surface area contributed by atoms with Crippen LogP contribution in [0.2, 0.25) is 0 Å². The van der Waals surface area contributed by atoms with Crippen molar-refractivity contribution in [3.63, 3.8) is 0 Å². The molecule has 1 aromatic heterocycles. The van der Waals surface area contributed by atoms with Crippen LogP contribution in [0.3, 0.4) is 0 Å². The van der Waals surface area contributed by atoms with Gasteiger partial charge in [-0.25, -0.2) is 0 Å². The van der Waals surface area contributed by atoms with Gasteiger partial charge in [0.15, 0.2) is 0 Å². The summed E-state index contributed by atoms with van der Waals surface area (Å²) in [5.74, 6) is 0. The Morgan fingerprint density at radius 2 is 2.06 bits per heavy atom. The molecule has 18 heavy (non-hydrogen) atoms. The molecule has 1 heterocycles. The lowest BCUT2D eigenvalue weighted by atomic mass is 10.0. The van der Waals surface area contributed by atoms with Crippen molar-refractivity contribution in [2.75, 3.05) is 6.54 Å². The topological polar surface area (TPSA) is 24.9 Å². The number of rotatable bonds is 6. The second-order valence-electron chi connectivity index (χ2n) is 4.39. The molecule has 102 valence electrons. The normalized spacial score (nSPS) is 13.6. The Bertz CT molecular complexity index is 346. The van der Waals surface area contributed by atoms with E-state index in [1.54, 1.807) is 6.20 Å². The molecule has 0 aliphatic heterocycles. The first-order chi connectivity index (χ1) is 8.42. The summed E-state index contributed by atoms with van der Waals surface area (Å²) in [6.07, 6.45) is -2.29. The predicted molar refractivity (Wildman–Crippen MR) is 65.3 cm³/mol. The minimum atomic E-state index is -4.11. The molecule has 0 spiro atoms. The fraction of sp³-hybridized carbons (Fsp3) is 0.615. The highest BCUT2D eigenvalue weighted by Gasteiger charge is 2.28. The minimum absolute atomic E-state index is 0.0498. The zero-order chi connectivity index (χ0) is 13.6. The van der Waals surface area contributed by atoms with Gasteiger partial charge in [-0.2, -0.15) is 13.2 Å². The number of aromatic nitrogens is 1. The Hall–Kier alpha value is -1.10. The van der Waals surface area contributed by atoms with E-state index in [1.165, 1.54) is 0 Å². The highest BCUT2D eigenvalue weighted by Crippen LogP contribution is 2.27. The van der Waals surface area contributed by atoms with Gasteiger partial charge in [0.2, 0.25) is 0 Å². The number of nitrogens with one attached hydrogen (secondary N) is 1. The second kappa shape index (κ2) is 6.73. The van der Waals surface area contributed by atoms with Gasteiger partial charge in [-0.1, -0.05) is 13.0 Å². The van der Waals surface area contributed by atoms with Crippen LogP contribution in [0.4, 0.5) is 13.2 Å². The summed E-state index contributed by atoms with van der Waals surface area (Å²) in [5.41, 5.74) is 1.68. The maximum absolute atomic E-state index is 12.3. The summed E-state index contributed by atoms with van der Waals surface area (Å²) < 4.78 is 36.8. The number of aryl methyl sites for hydroxylation is 1. The van der Waals surface area contributed by atoms with Gasteiger partial charge in [-0.05, 0) is 37.9 Å². The molecular formula is C13H19F3N2. The van der Waals surface area contributed by atoms with Crippen LogP contribution in [0.25, 0.3) is 0 Å². The van der Waals surface area contributed by atoms with Gasteiger partial charge in [0.25, 0.3) is 0 Å². The zero-order valence-corrected chi connectivity index (χ0v) is 10.7. The van der Waals surface area contributed by atoms with E-state index >= 15 is 0 Å². The molecule has 0 saturated heterocycles. The highest BCUT2D eigenvalue weighted by atomic mass is 19.4. The SMILES string of the molecule is CCCNC(CCC(F)(F)F)c1ccc(C)nc1. The summed E-state index contributed by atoms with van der Waals surface area (Å²) in [7, 11) is 0. The van der Waals surface area contributed by atoms with Crippen LogP contribution in [0.15, 0.2) is 18.3 Å². The average molecular weight is 260 g/mol. The van der Waals surface area contributed by atoms with E-state index < -0.39 is 12.6 Å². The van der Waals surface area contributed by atoms with Crippen LogP contribution in [-0.4, -0.2) is 17.7 Å². The monoisotopic (exact) mass is 260 g/mol. The van der Waals surface area contributed by atoms with E-state index in [-0.39, 0.29) is 12.5 Å². The third-order valence-corrected chi connectivity index (χ3v) is 2.69. The molecule has 1 rings (SSSR count). The van der Waals surface area contributed by atoms with Crippen molar-refractivity contribution in [2.45, 2.75) is 45.3 Å². The summed E-state index contributed by atoms with van der Waals surface area (Å²) in [5, 5.41) is 3.14. The van der Waals surface area contributed by atoms with Gasteiger partial charge in [0.05, 0.1) is 0 Å². The molecule has 0 fully saturated rings. The van der Waals surface area contributed by atoms with Gasteiger partial charge >= 0.3 is 6.18 Å². The van der Waals surface area contributed by atoms with Gasteiger partial charge < -0.3 is 5.32 Å². The minimum Gasteiger partial charge on any atom is -0.310 e. The number of alkyl halides is 3. The first kappa shape index (κ1) is 15.0. The highest BCUT2D eigenvalue weighted by molar-refractivity contribution is 5.17. The number of hydrogen-bond acceptors (Lipinski definition) is 2. The number of hydrogen-bond donors (Lipinski definition) is 1. The van der Waals surface area contributed by atoms with Crippen molar-refractivity contribution in [1.82, 2.24) is 10.3 Å². The third kappa shape index (κ3) is 5.49. The van der Waals surface area contributed by atoms with E-state index in [2.05, 4.69) is 10.3 Å². The number of halogens is 3. The lowest BCUT2D eigenvalue weighted by Gasteiger charge is -2.19. The van der Waals surface area contributed by atoms with Gasteiger partial charge in [0, 0.05) is 24.4 Å². The van der Waals surface area contributed by atoms with E-state index in [9.17, 15) is 13.2 Å². The molecule has 1 N–H and O–H groups in total. The molecule has 1 unspecified atom stereocenters. The molecule has 0 radical (unpaired) electrons. The first-order valence-corrected chi connectivity index (χ1v) is 6.15. The molecular weight excluding hydrogens is 241 g/mol. The Kier molecular flexibility index (Phi) is 5.59. The average Bonchev–Trinajstić information content (AvgIpc) is 2.29. The van der Waals surface area contributed by atoms with Gasteiger partial charge in [-0.15, -0.1) is 0 Å². The van der Waals surface area contributed by atoms with E-state index in [0.29, 0.717) is 6.54 Å². The molecule has 0 amide bonds. The number of pyridine rings is 1. The maximum Gasteiger partial charge on any atom is 0.389 e. The van der Waals surface area contributed by atoms with Gasteiger partial charge in [-0.3, -0.25) is 4.98 Å². The molecule has 1 aromatic rings. The lowest BCUT2D eigenvalue weighted by molar-refractivity contribution is -0.136. The van der Waals surface area contributed by atoms with Crippen LogP contribution in [0.5, 0.6) is 0 Å². The Labute approximate surface area is 106 Å². The Balaban J connectivity index is 2.68. The molecule has 1 atom stereocenters. The maximum atomic E-state index is 12.3. The van der Waals surface area contributed by atoms with Crippen molar-refractivity contribution in [2.24, 2.45) is 0 Å². The smallest absolute Gasteiger partial charge is 0.310 e. The van der Waals surface area contributed by atoms with Gasteiger partial charge in [0.1, 0.15) is 0 Å². The second-order valence-corrected chi connectivity index (χ2v) is 4.39. The van der Waals surface area contributed by atoms with Crippen molar-refractivity contribution in [1.29, 1.82) is 0 Å². The molecule has 0 saturated carbocycles. The zero-order valence-electron chi connectivity index (χ0n) is 10.7. The molecule has 0 aliphatic carbocycles. The summed E-state index contributed by atoms with van der Waals surface area (Å²) in [6, 6.07) is 3.38. The standard InChI is InChI=1S/C13H19F3N2/c1-3-8-17-12(6-7-13(14,15)16)11-5-4-10(2)18-9-11/h4-5,9,12,17H,3,6-8H2,1-2H3. The molecule has 0 aliphatic rings. The fourth-order valence-corrected chi connectivity index (χ4v) is 1.70. The van der Waals surface area contributed by atoms with E-state index in [0.717, 1.165) is 17.7 Å². The summed E-state index contributed by atoms with van der Waals surface area (Å²) >= 11 is 0. The fourth-order valence-electron chi connectivity index (χ4n) is 1.70. The largest absolute Gasteiger partial charge is 0.389 e. The van der Waals surface area contributed by atoms with Crippen LogP contribution < -0.4 is 5.32 Å². The van der Waals surface area contributed by atoms with E-state index in [4.69, 9.17) is 0 Å². The molecule has 5 heteroatoms. The Morgan fingerprint density at radius 3 is 2.56 bits per heavy atom. The molecule has 0 bridgehead atoms. The summed E-state index contributed by atoms with van der Waals surface area (Å²) in [4.78, 5) is 4.13. The number of nitrogens with zero attached hydrogens (tertiary/aromatic N) is 1. The molecule has 2 nitrogen and oxygen atoms in total. The van der Waals surface area contributed by atoms with E-state index in [1.807, 2.05) is 26.0 Å². The van der Waals surface area contributed by atoms with Crippen molar-refractivity contribution in [3.8, 4) is 0 Å². The van der Waals surface area contributed by atoms with Crippen LogP contribution in [0, 0.1) is 6.92 Å². The first-order valence-electron chi connectivity index (χ1n) is 6.15. The van der Waals surface area contributed by atoms with Crippen LogP contribution >= 0.6 is 0 Å². The van der Waals surface area contributed by atoms with Crippen molar-refractivity contribution < 1.29 is 13.2 Å². The van der Waals surface area contributed by atoms with Crippen molar-refractivity contribution in [3.05, 3.63) is 29.6 Å². The quantitative estimate of drug-likeness (QED) is 0.842. The lowest BCUT2D eigenvalue weighted by Crippen LogP contribution is -2.24. The third-order valence-electron chi connectivity index (χ3n) is 2.69. The van der Waals surface area contributed by atoms with Crippen LogP contribution in [-0.2, 0) is 0 Å². The predicted octanol–water partition coefficient (Wildman–Crippen LogP) is 3.77. The van der Waals surface area contributed by atoms with Crippen molar-refractivity contribution >= 4 is 0 Å².